The first-order valence-electron chi connectivity index (χ1n) is 14.9. The molecule has 0 aliphatic heterocycles. The van der Waals surface area contributed by atoms with Crippen LogP contribution < -0.4 is 0 Å². The Balaban J connectivity index is 1.39. The number of rotatable bonds is 7. The molecule has 3 fully saturated rings. The van der Waals surface area contributed by atoms with Crippen LogP contribution in [0.4, 0.5) is 0 Å². The van der Waals surface area contributed by atoms with Crippen molar-refractivity contribution < 1.29 is 24.6 Å². The summed E-state index contributed by atoms with van der Waals surface area (Å²) in [6.07, 6.45) is 7.37. The lowest BCUT2D eigenvalue weighted by Crippen LogP contribution is -2.63. The first-order chi connectivity index (χ1) is 20.0. The van der Waals surface area contributed by atoms with Crippen molar-refractivity contribution in [1.82, 2.24) is 4.98 Å². The number of aliphatic hydroxyl groups is 1. The van der Waals surface area contributed by atoms with Gasteiger partial charge in [-0.15, -0.1) is 18.3 Å². The van der Waals surface area contributed by atoms with Gasteiger partial charge in [-0.05, 0) is 49.0 Å². The quantitative estimate of drug-likeness (QED) is 0.0972. The zero-order chi connectivity index (χ0) is 30.3. The molecule has 224 valence electrons. The molecule has 5 rings (SSSR count). The summed E-state index contributed by atoms with van der Waals surface area (Å²) in [6.45, 7) is 12.5. The fraction of sp³-hybridized carbons (Fsp3) is 0.529. The molecule has 1 unspecified atom stereocenters. The monoisotopic (exact) mass is 590 g/mol. The van der Waals surface area contributed by atoms with Crippen LogP contribution in [-0.2, 0) is 14.3 Å². The molecule has 3 aliphatic rings. The second-order valence-corrected chi connectivity index (χ2v) is 14.1. The number of pyridine rings is 1. The predicted molar refractivity (Wildman–Crippen MR) is 163 cm³/mol. The summed E-state index contributed by atoms with van der Waals surface area (Å²) in [4.78, 5) is 32.1. The van der Waals surface area contributed by atoms with Gasteiger partial charge in [0.15, 0.2) is 0 Å². The molecular formula is C34H42N2O5S. The van der Waals surface area contributed by atoms with Crippen molar-refractivity contribution in [3.05, 3.63) is 72.6 Å². The average molecular weight is 591 g/mol. The topological polar surface area (TPSA) is 109 Å². The van der Waals surface area contributed by atoms with Gasteiger partial charge in [-0.1, -0.05) is 69.3 Å². The number of hydrogen-bond acceptors (Lipinski definition) is 8. The van der Waals surface area contributed by atoms with Crippen LogP contribution in [0.3, 0.4) is 0 Å². The molecule has 0 spiro atoms. The lowest BCUT2D eigenvalue weighted by molar-refractivity contribution is -0.205. The minimum absolute atomic E-state index is 0.0521. The molecular weight excluding hydrogens is 548 g/mol. The van der Waals surface area contributed by atoms with Gasteiger partial charge in [0.1, 0.15) is 17.6 Å². The molecule has 2 N–H and O–H groups in total. The third-order valence-electron chi connectivity index (χ3n) is 11.1. The van der Waals surface area contributed by atoms with E-state index >= 15 is 0 Å². The number of esters is 1. The highest BCUT2D eigenvalue weighted by atomic mass is 32.2. The number of aliphatic hydroxyl groups excluding tert-OH is 1. The number of ether oxygens (including phenoxy) is 1. The Morgan fingerprint density at radius 1 is 1.19 bits per heavy atom. The highest BCUT2D eigenvalue weighted by Gasteiger charge is 2.68. The summed E-state index contributed by atoms with van der Waals surface area (Å²) in [5.41, 5.74) is 0.249. The normalized spacial score (nSPS) is 36.5. The summed E-state index contributed by atoms with van der Waals surface area (Å²) in [5, 5.41) is 24.9. The first kappa shape index (κ1) is 30.5. The summed E-state index contributed by atoms with van der Waals surface area (Å²) >= 11 is 1.30. The standard InChI is InChI=1S/C34H42N2O5S/c1-6-32(4)17-27(33(5)21(2)12-14-34(22(3)31(32)39)15-13-26(37)30(33)34)41-28(38)20-42-25-16-24(18-35-19-25)29(36-40)23-10-8-7-9-11-23/h6-11,16,18-19,21-22,27,30-31,39-40H,1,12-15,17,20H2,2-5H3/b36-29-/t21-,22+,27-,30?,31+,32-,33+,34+/m1/s1. The Labute approximate surface area is 252 Å². The van der Waals surface area contributed by atoms with Crippen molar-refractivity contribution in [3.8, 4) is 0 Å². The SMILES string of the molecule is C=C[C@]1(C)C[C@@H](OC(=O)CSc2cncc(/C(=N\O)c3ccccc3)c2)[C@@]2(C)C3C(=O)CC[C@@]3(CC[C@H]2C)[C@@H](C)[C@@H]1O. The van der Waals surface area contributed by atoms with Crippen LogP contribution >= 0.6 is 11.8 Å². The van der Waals surface area contributed by atoms with Gasteiger partial charge in [-0.2, -0.15) is 0 Å². The number of hydrogen-bond donors (Lipinski definition) is 2. The third-order valence-corrected chi connectivity index (χ3v) is 12.0. The maximum absolute atomic E-state index is 13.6. The van der Waals surface area contributed by atoms with Gasteiger partial charge in [0.25, 0.3) is 0 Å². The van der Waals surface area contributed by atoms with Gasteiger partial charge in [0, 0.05) is 51.6 Å². The zero-order valence-corrected chi connectivity index (χ0v) is 25.8. The van der Waals surface area contributed by atoms with E-state index in [4.69, 9.17) is 4.74 Å². The number of carbonyl (C=O) groups excluding carboxylic acids is 2. The molecule has 1 aromatic carbocycles. The van der Waals surface area contributed by atoms with Crippen LogP contribution in [0.5, 0.6) is 0 Å². The minimum atomic E-state index is -0.697. The number of Topliss-reactive ketones (excluding diaryl/α,β-unsaturated/α-hetero) is 1. The number of oxime groups is 1. The summed E-state index contributed by atoms with van der Waals surface area (Å²) in [7, 11) is 0. The van der Waals surface area contributed by atoms with Gasteiger partial charge in [-0.25, -0.2) is 0 Å². The maximum atomic E-state index is 13.6. The molecule has 3 aliphatic carbocycles. The Bertz CT molecular complexity index is 1380. The van der Waals surface area contributed by atoms with Gasteiger partial charge < -0.3 is 15.1 Å². The summed E-state index contributed by atoms with van der Waals surface area (Å²) < 4.78 is 6.36. The van der Waals surface area contributed by atoms with Crippen LogP contribution in [0.15, 0.2) is 71.5 Å². The Morgan fingerprint density at radius 3 is 2.62 bits per heavy atom. The van der Waals surface area contributed by atoms with E-state index in [0.29, 0.717) is 24.1 Å². The van der Waals surface area contributed by atoms with Crippen molar-refractivity contribution in [1.29, 1.82) is 0 Å². The highest BCUT2D eigenvalue weighted by Crippen LogP contribution is 2.68. The lowest BCUT2D eigenvalue weighted by atomic mass is 9.44. The summed E-state index contributed by atoms with van der Waals surface area (Å²) in [6, 6.07) is 11.2. The molecule has 42 heavy (non-hydrogen) atoms. The number of nitrogens with zero attached hydrogens (tertiary/aromatic N) is 2. The number of carbonyl (C=O) groups is 2. The van der Waals surface area contributed by atoms with Gasteiger partial charge >= 0.3 is 5.97 Å². The lowest BCUT2D eigenvalue weighted by Gasteiger charge is -2.61. The van der Waals surface area contributed by atoms with Crippen molar-refractivity contribution >= 4 is 29.2 Å². The van der Waals surface area contributed by atoms with E-state index in [2.05, 4.69) is 37.5 Å². The fourth-order valence-electron chi connectivity index (χ4n) is 8.34. The van der Waals surface area contributed by atoms with Crippen molar-refractivity contribution in [2.45, 2.75) is 76.9 Å². The van der Waals surface area contributed by atoms with Crippen molar-refractivity contribution in [3.63, 3.8) is 0 Å². The molecule has 8 atom stereocenters. The minimum Gasteiger partial charge on any atom is -0.461 e. The van der Waals surface area contributed by atoms with E-state index in [-0.39, 0.29) is 40.7 Å². The molecule has 0 amide bonds. The predicted octanol–water partition coefficient (Wildman–Crippen LogP) is 6.31. The molecule has 8 heteroatoms. The Morgan fingerprint density at radius 2 is 1.93 bits per heavy atom. The van der Waals surface area contributed by atoms with Crippen molar-refractivity contribution in [2.75, 3.05) is 5.75 Å². The van der Waals surface area contributed by atoms with E-state index in [0.717, 1.165) is 29.7 Å². The Kier molecular flexibility index (Phi) is 8.42. The maximum Gasteiger partial charge on any atom is 0.316 e. The van der Waals surface area contributed by atoms with Crippen LogP contribution in [0.25, 0.3) is 0 Å². The van der Waals surface area contributed by atoms with Crippen LogP contribution in [0.1, 0.15) is 70.9 Å². The number of thioether (sulfide) groups is 1. The number of aromatic nitrogens is 1. The van der Waals surface area contributed by atoms with Gasteiger partial charge in [0.2, 0.25) is 0 Å². The third kappa shape index (κ3) is 5.00. The molecule has 7 nitrogen and oxygen atoms in total. The average Bonchev–Trinajstić information content (AvgIpc) is 3.35. The molecule has 1 aromatic heterocycles. The van der Waals surface area contributed by atoms with Gasteiger partial charge in [-0.3, -0.25) is 14.6 Å². The smallest absolute Gasteiger partial charge is 0.316 e. The molecule has 0 radical (unpaired) electrons. The van der Waals surface area contributed by atoms with E-state index in [1.807, 2.05) is 49.4 Å². The number of benzene rings is 1. The van der Waals surface area contributed by atoms with Gasteiger partial charge in [0.05, 0.1) is 11.9 Å². The fourth-order valence-corrected chi connectivity index (χ4v) is 9.04. The van der Waals surface area contributed by atoms with E-state index in [1.54, 1.807) is 12.4 Å². The zero-order valence-electron chi connectivity index (χ0n) is 25.0. The highest BCUT2D eigenvalue weighted by molar-refractivity contribution is 8.00. The van der Waals surface area contributed by atoms with Crippen molar-refractivity contribution in [2.24, 2.45) is 39.2 Å². The van der Waals surface area contributed by atoms with E-state index < -0.39 is 23.0 Å². The first-order valence-corrected chi connectivity index (χ1v) is 15.9. The van der Waals surface area contributed by atoms with E-state index in [1.165, 1.54) is 11.8 Å². The van der Waals surface area contributed by atoms with Crippen LogP contribution in [0, 0.1) is 34.0 Å². The Hall–Kier alpha value is -2.97. The molecule has 0 saturated heterocycles. The second-order valence-electron chi connectivity index (χ2n) is 13.1. The second kappa shape index (κ2) is 11.6. The largest absolute Gasteiger partial charge is 0.461 e. The molecule has 1 heterocycles. The van der Waals surface area contributed by atoms with E-state index in [9.17, 15) is 19.9 Å². The molecule has 2 aromatic rings. The summed E-state index contributed by atoms with van der Waals surface area (Å²) in [5.74, 6) is -0.235. The molecule has 2 bridgehead atoms. The number of ketones is 1. The van der Waals surface area contributed by atoms with Crippen LogP contribution in [-0.4, -0.2) is 50.7 Å². The molecule has 3 saturated carbocycles. The van der Waals surface area contributed by atoms with Crippen LogP contribution in [0.2, 0.25) is 0 Å².